The van der Waals surface area contributed by atoms with Gasteiger partial charge in [-0.2, -0.15) is 0 Å². The van der Waals surface area contributed by atoms with Crippen LogP contribution >= 0.6 is 0 Å². The van der Waals surface area contributed by atoms with Gasteiger partial charge >= 0.3 is 0 Å². The van der Waals surface area contributed by atoms with E-state index in [0.717, 1.165) is 6.54 Å². The number of likely N-dealkylation sites (N-methyl/N-ethyl adjacent to an activating group) is 1. The van der Waals surface area contributed by atoms with Crippen molar-refractivity contribution in [2.75, 3.05) is 26.8 Å². The maximum Gasteiger partial charge on any atom is 0.242 e. The van der Waals surface area contributed by atoms with Gasteiger partial charge in [-0.3, -0.25) is 4.79 Å². The van der Waals surface area contributed by atoms with E-state index in [4.69, 9.17) is 4.74 Å². The highest BCUT2D eigenvalue weighted by atomic mass is 16.5. The first-order chi connectivity index (χ1) is 7.33. The van der Waals surface area contributed by atoms with Crippen LogP contribution < -0.4 is 5.32 Å². The van der Waals surface area contributed by atoms with Crippen molar-refractivity contribution in [1.29, 1.82) is 0 Å². The molecule has 0 aromatic rings. The molecule has 0 aromatic carbocycles. The molecule has 1 amide bonds. The van der Waals surface area contributed by atoms with Gasteiger partial charge in [-0.15, -0.1) is 0 Å². The second-order valence-corrected chi connectivity index (χ2v) is 4.39. The first-order valence-corrected chi connectivity index (χ1v) is 5.88. The molecule has 2 rings (SSSR count). The summed E-state index contributed by atoms with van der Waals surface area (Å²) in [7, 11) is 1.82. The number of carbonyl (C=O) groups excluding carboxylic acids is 1. The summed E-state index contributed by atoms with van der Waals surface area (Å²) in [6.45, 7) is 1.96. The van der Waals surface area contributed by atoms with Gasteiger partial charge in [0, 0.05) is 12.6 Å². The maximum absolute atomic E-state index is 12.1. The van der Waals surface area contributed by atoms with Gasteiger partial charge in [0.1, 0.15) is 6.04 Å². The van der Waals surface area contributed by atoms with Crippen molar-refractivity contribution in [1.82, 2.24) is 10.2 Å². The van der Waals surface area contributed by atoms with E-state index < -0.39 is 0 Å². The number of carbonyl (C=O) groups is 1. The zero-order valence-electron chi connectivity index (χ0n) is 9.37. The molecule has 1 heterocycles. The summed E-state index contributed by atoms with van der Waals surface area (Å²) >= 11 is 0. The highest BCUT2D eigenvalue weighted by molar-refractivity contribution is 5.82. The lowest BCUT2D eigenvalue weighted by atomic mass is 10.1. The highest BCUT2D eigenvalue weighted by Gasteiger charge is 2.32. The average molecular weight is 212 g/mol. The van der Waals surface area contributed by atoms with Gasteiger partial charge in [-0.05, 0) is 19.9 Å². The Morgan fingerprint density at radius 2 is 2.13 bits per heavy atom. The van der Waals surface area contributed by atoms with E-state index in [1.54, 1.807) is 0 Å². The lowest BCUT2D eigenvalue weighted by Gasteiger charge is -2.29. The summed E-state index contributed by atoms with van der Waals surface area (Å²) in [5.74, 6) is 0.224. The Labute approximate surface area is 91.0 Å². The SMILES string of the molecule is CNC1COCCN(C2CCCC2)C1=O. The lowest BCUT2D eigenvalue weighted by Crippen LogP contribution is -2.49. The van der Waals surface area contributed by atoms with E-state index in [1.165, 1.54) is 25.7 Å². The van der Waals surface area contributed by atoms with Crippen LogP contribution in [0.5, 0.6) is 0 Å². The van der Waals surface area contributed by atoms with E-state index in [9.17, 15) is 4.79 Å². The van der Waals surface area contributed by atoms with Gasteiger partial charge in [0.15, 0.2) is 0 Å². The fourth-order valence-electron chi connectivity index (χ4n) is 2.53. The topological polar surface area (TPSA) is 41.6 Å². The molecule has 2 aliphatic rings. The van der Waals surface area contributed by atoms with Crippen LogP contribution in [0.15, 0.2) is 0 Å². The molecule has 1 saturated carbocycles. The van der Waals surface area contributed by atoms with Crippen LogP contribution in [0.25, 0.3) is 0 Å². The smallest absolute Gasteiger partial charge is 0.242 e. The van der Waals surface area contributed by atoms with Crippen molar-refractivity contribution in [3.8, 4) is 0 Å². The normalized spacial score (nSPS) is 29.5. The summed E-state index contributed by atoms with van der Waals surface area (Å²) in [6, 6.07) is 0.322. The molecule has 1 aliphatic heterocycles. The summed E-state index contributed by atoms with van der Waals surface area (Å²) < 4.78 is 5.43. The van der Waals surface area contributed by atoms with Gasteiger partial charge in [0.25, 0.3) is 0 Å². The maximum atomic E-state index is 12.1. The van der Waals surface area contributed by atoms with E-state index >= 15 is 0 Å². The lowest BCUT2D eigenvalue weighted by molar-refractivity contribution is -0.134. The molecule has 0 radical (unpaired) electrons. The van der Waals surface area contributed by atoms with Crippen molar-refractivity contribution in [2.45, 2.75) is 37.8 Å². The molecule has 1 atom stereocenters. The number of hydrogen-bond acceptors (Lipinski definition) is 3. The molecule has 4 nitrogen and oxygen atoms in total. The van der Waals surface area contributed by atoms with Crippen LogP contribution in [0.3, 0.4) is 0 Å². The van der Waals surface area contributed by atoms with Gasteiger partial charge in [0.05, 0.1) is 13.2 Å². The summed E-state index contributed by atoms with van der Waals surface area (Å²) in [6.07, 6.45) is 4.86. The standard InChI is InChI=1S/C11H20N2O2/c1-12-10-8-15-7-6-13(11(10)14)9-4-2-3-5-9/h9-10,12H,2-8H2,1H3. The van der Waals surface area contributed by atoms with E-state index in [2.05, 4.69) is 5.32 Å². The molecule has 1 unspecified atom stereocenters. The molecule has 1 N–H and O–H groups in total. The number of hydrogen-bond donors (Lipinski definition) is 1. The fourth-order valence-corrected chi connectivity index (χ4v) is 2.53. The fraction of sp³-hybridized carbons (Fsp3) is 0.909. The Morgan fingerprint density at radius 1 is 1.40 bits per heavy atom. The van der Waals surface area contributed by atoms with Crippen LogP contribution in [0.1, 0.15) is 25.7 Å². The minimum Gasteiger partial charge on any atom is -0.377 e. The van der Waals surface area contributed by atoms with Crippen molar-refractivity contribution >= 4 is 5.91 Å². The van der Waals surface area contributed by atoms with Crippen LogP contribution in [0, 0.1) is 0 Å². The molecular weight excluding hydrogens is 192 g/mol. The zero-order valence-corrected chi connectivity index (χ0v) is 9.37. The molecule has 15 heavy (non-hydrogen) atoms. The van der Waals surface area contributed by atoms with Gasteiger partial charge < -0.3 is 15.0 Å². The average Bonchev–Trinajstić information content (AvgIpc) is 2.70. The van der Waals surface area contributed by atoms with E-state index in [1.807, 2.05) is 11.9 Å². The molecular formula is C11H20N2O2. The number of ether oxygens (including phenoxy) is 1. The highest BCUT2D eigenvalue weighted by Crippen LogP contribution is 2.24. The van der Waals surface area contributed by atoms with Crippen molar-refractivity contribution in [3.63, 3.8) is 0 Å². The Hall–Kier alpha value is -0.610. The first-order valence-electron chi connectivity index (χ1n) is 5.88. The van der Waals surface area contributed by atoms with Crippen LogP contribution in [0.4, 0.5) is 0 Å². The molecule has 0 spiro atoms. The van der Waals surface area contributed by atoms with Crippen molar-refractivity contribution < 1.29 is 9.53 Å². The minimum atomic E-state index is -0.145. The summed E-state index contributed by atoms with van der Waals surface area (Å²) in [4.78, 5) is 14.2. The third-order valence-electron chi connectivity index (χ3n) is 3.46. The number of nitrogens with one attached hydrogen (secondary N) is 1. The molecule has 1 aliphatic carbocycles. The van der Waals surface area contributed by atoms with Gasteiger partial charge in [-0.1, -0.05) is 12.8 Å². The molecule has 1 saturated heterocycles. The first kappa shape index (κ1) is 10.9. The minimum absolute atomic E-state index is 0.145. The summed E-state index contributed by atoms with van der Waals surface area (Å²) in [5, 5.41) is 3.03. The molecule has 0 bridgehead atoms. The second kappa shape index (κ2) is 4.94. The Balaban J connectivity index is 2.03. The zero-order chi connectivity index (χ0) is 10.7. The molecule has 86 valence electrons. The molecule has 0 aromatic heterocycles. The third-order valence-corrected chi connectivity index (χ3v) is 3.46. The molecule has 2 fully saturated rings. The van der Waals surface area contributed by atoms with Crippen molar-refractivity contribution in [2.24, 2.45) is 0 Å². The summed E-state index contributed by atoms with van der Waals surface area (Å²) in [5.41, 5.74) is 0. The number of nitrogens with zero attached hydrogens (tertiary/aromatic N) is 1. The van der Waals surface area contributed by atoms with E-state index in [-0.39, 0.29) is 11.9 Å². The number of amides is 1. The quantitative estimate of drug-likeness (QED) is 0.719. The largest absolute Gasteiger partial charge is 0.377 e. The van der Waals surface area contributed by atoms with Crippen LogP contribution in [0.2, 0.25) is 0 Å². The monoisotopic (exact) mass is 212 g/mol. The predicted molar refractivity (Wildman–Crippen MR) is 57.6 cm³/mol. The Morgan fingerprint density at radius 3 is 2.80 bits per heavy atom. The Kier molecular flexibility index (Phi) is 3.59. The Bertz CT molecular complexity index is 227. The second-order valence-electron chi connectivity index (χ2n) is 4.39. The van der Waals surface area contributed by atoms with Crippen molar-refractivity contribution in [3.05, 3.63) is 0 Å². The molecule has 4 heteroatoms. The number of rotatable bonds is 2. The van der Waals surface area contributed by atoms with E-state index in [0.29, 0.717) is 19.3 Å². The third kappa shape index (κ3) is 2.32. The van der Waals surface area contributed by atoms with Gasteiger partial charge in [-0.25, -0.2) is 0 Å². The van der Waals surface area contributed by atoms with Crippen LogP contribution in [-0.2, 0) is 9.53 Å². The predicted octanol–water partition coefficient (Wildman–Crippen LogP) is 0.376. The van der Waals surface area contributed by atoms with Crippen LogP contribution in [-0.4, -0.2) is 49.7 Å². The van der Waals surface area contributed by atoms with Gasteiger partial charge in [0.2, 0.25) is 5.91 Å².